The molecule has 0 saturated carbocycles. The first kappa shape index (κ1) is 9.31. The number of hydrogen-bond acceptors (Lipinski definition) is 2. The number of alkyl halides is 1. The minimum atomic E-state index is -0.238. The number of benzene rings is 1. The molecule has 0 atom stereocenters. The van der Waals surface area contributed by atoms with Crippen LogP contribution in [0.5, 0.6) is 0 Å². The molecule has 0 radical (unpaired) electrons. The number of hydrogen-bond donors (Lipinski definition) is 1. The Labute approximate surface area is 89.7 Å². The van der Waals surface area contributed by atoms with E-state index in [2.05, 4.69) is 12.6 Å². The first-order chi connectivity index (χ1) is 6.24. The van der Waals surface area contributed by atoms with Gasteiger partial charge in [-0.05, 0) is 12.1 Å². The second-order valence-electron chi connectivity index (χ2n) is 2.66. The summed E-state index contributed by atoms with van der Waals surface area (Å²) in [4.78, 5) is 0.881. The number of halogens is 2. The Bertz CT molecular complexity index is 450. The first-order valence-corrected chi connectivity index (χ1v) is 5.53. The van der Waals surface area contributed by atoms with Crippen LogP contribution in [0.3, 0.4) is 0 Å². The molecule has 0 bridgehead atoms. The Kier molecular flexibility index (Phi) is 2.49. The zero-order valence-electron chi connectivity index (χ0n) is 6.55. The van der Waals surface area contributed by atoms with E-state index in [1.807, 2.05) is 5.38 Å². The van der Waals surface area contributed by atoms with Crippen LogP contribution in [0.15, 0.2) is 22.4 Å². The fourth-order valence-corrected chi connectivity index (χ4v) is 2.98. The van der Waals surface area contributed by atoms with Gasteiger partial charge in [-0.3, -0.25) is 0 Å². The van der Waals surface area contributed by atoms with E-state index in [0.717, 1.165) is 15.0 Å². The predicted octanol–water partition coefficient (Wildman–Crippen LogP) is 4.07. The molecule has 1 heterocycles. The van der Waals surface area contributed by atoms with Crippen molar-refractivity contribution in [3.05, 3.63) is 28.9 Å². The van der Waals surface area contributed by atoms with Crippen molar-refractivity contribution in [3.63, 3.8) is 0 Å². The van der Waals surface area contributed by atoms with Crippen LogP contribution in [0.2, 0.25) is 0 Å². The van der Waals surface area contributed by atoms with Gasteiger partial charge in [0.2, 0.25) is 0 Å². The molecule has 1 aromatic carbocycles. The second-order valence-corrected chi connectivity index (χ2v) is 4.29. The van der Waals surface area contributed by atoms with E-state index in [0.29, 0.717) is 5.56 Å². The maximum atomic E-state index is 13.2. The van der Waals surface area contributed by atoms with Gasteiger partial charge >= 0.3 is 0 Å². The normalized spacial score (nSPS) is 11.0. The van der Waals surface area contributed by atoms with E-state index in [1.165, 1.54) is 17.4 Å². The molecule has 0 spiro atoms. The van der Waals surface area contributed by atoms with Gasteiger partial charge in [0.15, 0.2) is 0 Å². The van der Waals surface area contributed by atoms with E-state index in [9.17, 15) is 4.39 Å². The number of thiol groups is 1. The summed E-state index contributed by atoms with van der Waals surface area (Å²) in [6.45, 7) is 0. The van der Waals surface area contributed by atoms with Gasteiger partial charge in [-0.2, -0.15) is 0 Å². The van der Waals surface area contributed by atoms with Crippen LogP contribution >= 0.6 is 35.6 Å². The Balaban J connectivity index is 2.85. The van der Waals surface area contributed by atoms with E-state index in [-0.39, 0.29) is 11.7 Å². The van der Waals surface area contributed by atoms with Crippen molar-refractivity contribution >= 4 is 45.7 Å². The lowest BCUT2D eigenvalue weighted by Crippen LogP contribution is -1.85. The lowest BCUT2D eigenvalue weighted by atomic mass is 10.2. The fourth-order valence-electron chi connectivity index (χ4n) is 1.24. The highest BCUT2D eigenvalue weighted by atomic mass is 35.5. The molecule has 1 aromatic heterocycles. The molecule has 0 aliphatic carbocycles. The van der Waals surface area contributed by atoms with Crippen molar-refractivity contribution in [2.75, 3.05) is 0 Å². The monoisotopic (exact) mass is 232 g/mol. The third-order valence-corrected chi connectivity index (χ3v) is 3.77. The van der Waals surface area contributed by atoms with Crippen molar-refractivity contribution in [1.29, 1.82) is 0 Å². The molecule has 0 aliphatic heterocycles. The standard InChI is InChI=1S/C9H6ClFS2/c10-3-6-7(11)2-1-5-8(12)4-13-9(5)6/h1-2,4,12H,3H2. The Morgan fingerprint density at radius 3 is 2.92 bits per heavy atom. The maximum Gasteiger partial charge on any atom is 0.129 e. The third kappa shape index (κ3) is 1.45. The molecule has 4 heteroatoms. The van der Waals surface area contributed by atoms with Gasteiger partial charge in [0, 0.05) is 25.9 Å². The maximum absolute atomic E-state index is 13.2. The van der Waals surface area contributed by atoms with Crippen LogP contribution in [0.4, 0.5) is 4.39 Å². The zero-order valence-corrected chi connectivity index (χ0v) is 9.02. The van der Waals surface area contributed by atoms with Crippen molar-refractivity contribution in [2.24, 2.45) is 0 Å². The molecular weight excluding hydrogens is 227 g/mol. The van der Waals surface area contributed by atoms with Gasteiger partial charge in [0.05, 0.1) is 5.88 Å². The quantitative estimate of drug-likeness (QED) is 0.556. The van der Waals surface area contributed by atoms with Gasteiger partial charge in [-0.15, -0.1) is 35.6 Å². The van der Waals surface area contributed by atoms with Crippen LogP contribution in [0.1, 0.15) is 5.56 Å². The fraction of sp³-hybridized carbons (Fsp3) is 0.111. The molecule has 0 saturated heterocycles. The molecule has 68 valence electrons. The van der Waals surface area contributed by atoms with Crippen LogP contribution in [0, 0.1) is 5.82 Å². The molecule has 13 heavy (non-hydrogen) atoms. The number of rotatable bonds is 1. The van der Waals surface area contributed by atoms with E-state index >= 15 is 0 Å². The van der Waals surface area contributed by atoms with Crippen molar-refractivity contribution in [1.82, 2.24) is 0 Å². The molecular formula is C9H6ClFS2. The Morgan fingerprint density at radius 2 is 2.23 bits per heavy atom. The summed E-state index contributed by atoms with van der Waals surface area (Å²) in [7, 11) is 0. The summed E-state index contributed by atoms with van der Waals surface area (Å²) in [6.07, 6.45) is 0. The van der Waals surface area contributed by atoms with Crippen LogP contribution < -0.4 is 0 Å². The van der Waals surface area contributed by atoms with Gasteiger partial charge in [0.25, 0.3) is 0 Å². The third-order valence-electron chi connectivity index (χ3n) is 1.90. The highest BCUT2D eigenvalue weighted by Gasteiger charge is 2.09. The molecule has 2 aromatic rings. The van der Waals surface area contributed by atoms with Crippen molar-refractivity contribution in [2.45, 2.75) is 10.8 Å². The minimum absolute atomic E-state index is 0.205. The largest absolute Gasteiger partial charge is 0.207 e. The Hall–Kier alpha value is -0.250. The summed E-state index contributed by atoms with van der Waals surface area (Å²) in [5.41, 5.74) is 0.574. The van der Waals surface area contributed by atoms with Crippen LogP contribution in [-0.4, -0.2) is 0 Å². The molecule has 0 aliphatic rings. The molecule has 0 unspecified atom stereocenters. The summed E-state index contributed by atoms with van der Waals surface area (Å²) >= 11 is 11.4. The number of fused-ring (bicyclic) bond motifs is 1. The summed E-state index contributed by atoms with van der Waals surface area (Å²) in [5, 5.41) is 2.87. The lowest BCUT2D eigenvalue weighted by Gasteiger charge is -1.99. The second kappa shape index (κ2) is 3.48. The highest BCUT2D eigenvalue weighted by molar-refractivity contribution is 7.80. The average Bonchev–Trinajstić information content (AvgIpc) is 2.48. The minimum Gasteiger partial charge on any atom is -0.207 e. The smallest absolute Gasteiger partial charge is 0.129 e. The molecule has 0 N–H and O–H groups in total. The number of thiophene rings is 1. The van der Waals surface area contributed by atoms with E-state index < -0.39 is 0 Å². The molecule has 0 fully saturated rings. The topological polar surface area (TPSA) is 0 Å². The average molecular weight is 233 g/mol. The van der Waals surface area contributed by atoms with Crippen LogP contribution in [-0.2, 0) is 5.88 Å². The highest BCUT2D eigenvalue weighted by Crippen LogP contribution is 2.33. The van der Waals surface area contributed by atoms with E-state index in [4.69, 9.17) is 11.6 Å². The SMILES string of the molecule is Fc1ccc2c(S)csc2c1CCl. The lowest BCUT2D eigenvalue weighted by molar-refractivity contribution is 0.620. The van der Waals surface area contributed by atoms with Gasteiger partial charge < -0.3 is 0 Å². The van der Waals surface area contributed by atoms with Crippen LogP contribution in [0.25, 0.3) is 10.1 Å². The predicted molar refractivity (Wildman–Crippen MR) is 58.6 cm³/mol. The zero-order chi connectivity index (χ0) is 9.42. The molecule has 2 rings (SSSR count). The molecule has 0 nitrogen and oxygen atoms in total. The van der Waals surface area contributed by atoms with Crippen molar-refractivity contribution in [3.8, 4) is 0 Å². The van der Waals surface area contributed by atoms with Crippen molar-refractivity contribution < 1.29 is 4.39 Å². The summed E-state index contributed by atoms with van der Waals surface area (Å²) < 4.78 is 14.1. The first-order valence-electron chi connectivity index (χ1n) is 3.67. The summed E-state index contributed by atoms with van der Waals surface area (Å²) in [6, 6.07) is 3.17. The summed E-state index contributed by atoms with van der Waals surface area (Å²) in [5.74, 6) is -0.0330. The molecule has 0 amide bonds. The Morgan fingerprint density at radius 1 is 1.46 bits per heavy atom. The van der Waals surface area contributed by atoms with Gasteiger partial charge in [-0.1, -0.05) is 0 Å². The van der Waals surface area contributed by atoms with Gasteiger partial charge in [-0.25, -0.2) is 4.39 Å². The van der Waals surface area contributed by atoms with Gasteiger partial charge in [0.1, 0.15) is 5.82 Å². The van der Waals surface area contributed by atoms with E-state index in [1.54, 1.807) is 6.07 Å².